The first-order valence-corrected chi connectivity index (χ1v) is 5.78. The number of carbonyl (C=O) groups is 2. The summed E-state index contributed by atoms with van der Waals surface area (Å²) in [7, 11) is 0. The van der Waals surface area contributed by atoms with E-state index in [4.69, 9.17) is 5.11 Å². The van der Waals surface area contributed by atoms with Crippen molar-refractivity contribution < 1.29 is 19.1 Å². The number of likely N-dealkylation sites (tertiary alicyclic amines) is 1. The zero-order chi connectivity index (χ0) is 13.1. The number of hydrogen-bond donors (Lipinski definition) is 1. The van der Waals surface area contributed by atoms with Gasteiger partial charge in [0, 0.05) is 6.54 Å². The van der Waals surface area contributed by atoms with Crippen LogP contribution in [0.1, 0.15) is 12.0 Å². The predicted octanol–water partition coefficient (Wildman–Crippen LogP) is 1.46. The highest BCUT2D eigenvalue weighted by atomic mass is 19.1. The van der Waals surface area contributed by atoms with E-state index in [1.165, 1.54) is 4.90 Å². The van der Waals surface area contributed by atoms with Gasteiger partial charge in [0.2, 0.25) is 5.91 Å². The molecule has 1 aromatic carbocycles. The van der Waals surface area contributed by atoms with E-state index in [9.17, 15) is 14.0 Å². The van der Waals surface area contributed by atoms with Crippen molar-refractivity contribution in [1.82, 2.24) is 4.90 Å². The van der Waals surface area contributed by atoms with Crippen molar-refractivity contribution in [2.75, 3.05) is 6.67 Å². The lowest BCUT2D eigenvalue weighted by atomic mass is 9.84. The van der Waals surface area contributed by atoms with Crippen LogP contribution < -0.4 is 0 Å². The fraction of sp³-hybridized carbons (Fsp3) is 0.385. The van der Waals surface area contributed by atoms with Crippen LogP contribution in [0.3, 0.4) is 0 Å². The van der Waals surface area contributed by atoms with E-state index < -0.39 is 24.6 Å². The van der Waals surface area contributed by atoms with Crippen LogP contribution in [-0.2, 0) is 16.1 Å². The first-order valence-electron chi connectivity index (χ1n) is 5.78. The molecule has 0 radical (unpaired) electrons. The summed E-state index contributed by atoms with van der Waals surface area (Å²) in [6, 6.07) is 8.27. The molecule has 0 saturated carbocycles. The van der Waals surface area contributed by atoms with Gasteiger partial charge in [-0.05, 0) is 12.0 Å². The summed E-state index contributed by atoms with van der Waals surface area (Å²) in [5.41, 5.74) is 0.871. The molecule has 1 N–H and O–H groups in total. The van der Waals surface area contributed by atoms with E-state index in [2.05, 4.69) is 0 Å². The van der Waals surface area contributed by atoms with E-state index in [0.717, 1.165) is 5.56 Å². The second kappa shape index (κ2) is 5.16. The van der Waals surface area contributed by atoms with Crippen molar-refractivity contribution in [2.24, 2.45) is 5.92 Å². The van der Waals surface area contributed by atoms with Crippen LogP contribution in [0.25, 0.3) is 0 Å². The minimum atomic E-state index is -1.07. The maximum absolute atomic E-state index is 12.3. The molecule has 1 amide bonds. The number of benzene rings is 1. The van der Waals surface area contributed by atoms with Gasteiger partial charge in [0.1, 0.15) is 6.04 Å². The molecule has 1 heterocycles. The van der Waals surface area contributed by atoms with Gasteiger partial charge in [-0.1, -0.05) is 30.3 Å². The molecule has 5 heteroatoms. The van der Waals surface area contributed by atoms with E-state index in [0.29, 0.717) is 0 Å². The van der Waals surface area contributed by atoms with Crippen LogP contribution in [0.4, 0.5) is 4.39 Å². The van der Waals surface area contributed by atoms with Crippen LogP contribution in [0.15, 0.2) is 30.3 Å². The Hall–Kier alpha value is -1.91. The fourth-order valence-electron chi connectivity index (χ4n) is 2.28. The number of β-lactam (4-membered cyclic amide) rings is 1. The molecule has 0 aliphatic carbocycles. The number of carboxylic acids is 1. The van der Waals surface area contributed by atoms with Crippen LogP contribution in [0.5, 0.6) is 0 Å². The summed E-state index contributed by atoms with van der Waals surface area (Å²) in [6.07, 6.45) is -0.0128. The number of carboxylic acid groups (broad SMARTS) is 1. The highest BCUT2D eigenvalue weighted by Crippen LogP contribution is 2.31. The summed E-state index contributed by atoms with van der Waals surface area (Å²) < 4.78 is 12.3. The van der Waals surface area contributed by atoms with Crippen LogP contribution in [-0.4, -0.2) is 34.6 Å². The maximum Gasteiger partial charge on any atom is 0.327 e. The Balaban J connectivity index is 2.09. The molecule has 2 rings (SSSR count). The summed E-state index contributed by atoms with van der Waals surface area (Å²) in [4.78, 5) is 24.2. The topological polar surface area (TPSA) is 57.6 Å². The standard InChI is InChI=1S/C13H14FNO3/c14-7-6-10-11(13(17)18)15(12(10)16)8-9-4-2-1-3-5-9/h1-5,10-11H,6-8H2,(H,17,18)/t10-,11+/m1/s1. The Bertz CT molecular complexity index is 449. The minimum Gasteiger partial charge on any atom is -0.480 e. The highest BCUT2D eigenvalue weighted by Gasteiger charge is 2.50. The molecular formula is C13H14FNO3. The van der Waals surface area contributed by atoms with Gasteiger partial charge >= 0.3 is 5.97 Å². The third-order valence-corrected chi connectivity index (χ3v) is 3.19. The molecule has 1 fully saturated rings. The summed E-state index contributed by atoms with van der Waals surface area (Å²) in [5.74, 6) is -2.05. The Morgan fingerprint density at radius 1 is 1.33 bits per heavy atom. The SMILES string of the molecule is O=C(O)[C@@H]1[C@@H](CCF)C(=O)N1Cc1ccccc1. The molecule has 2 atom stereocenters. The Morgan fingerprint density at radius 3 is 2.56 bits per heavy atom. The predicted molar refractivity (Wildman–Crippen MR) is 62.5 cm³/mol. The van der Waals surface area contributed by atoms with Gasteiger partial charge in [-0.15, -0.1) is 0 Å². The molecule has 18 heavy (non-hydrogen) atoms. The number of carbonyl (C=O) groups excluding carboxylic acids is 1. The minimum absolute atomic E-state index is 0.0128. The van der Waals surface area contributed by atoms with Crippen molar-refractivity contribution in [3.63, 3.8) is 0 Å². The maximum atomic E-state index is 12.3. The van der Waals surface area contributed by atoms with E-state index in [1.54, 1.807) is 0 Å². The highest BCUT2D eigenvalue weighted by molar-refractivity contribution is 5.96. The fourth-order valence-corrected chi connectivity index (χ4v) is 2.28. The van der Waals surface area contributed by atoms with Gasteiger partial charge in [-0.3, -0.25) is 9.18 Å². The van der Waals surface area contributed by atoms with Gasteiger partial charge in [0.15, 0.2) is 0 Å². The molecule has 1 aromatic rings. The largest absolute Gasteiger partial charge is 0.480 e. The summed E-state index contributed by atoms with van der Waals surface area (Å²) in [5, 5.41) is 9.08. The van der Waals surface area contributed by atoms with Crippen molar-refractivity contribution in [3.05, 3.63) is 35.9 Å². The number of alkyl halides is 1. The quantitative estimate of drug-likeness (QED) is 0.806. The van der Waals surface area contributed by atoms with Gasteiger partial charge in [0.25, 0.3) is 0 Å². The van der Waals surface area contributed by atoms with Gasteiger partial charge in [-0.2, -0.15) is 0 Å². The number of hydrogen-bond acceptors (Lipinski definition) is 2. The number of aliphatic carboxylic acids is 1. The van der Waals surface area contributed by atoms with E-state index >= 15 is 0 Å². The molecule has 1 aliphatic rings. The number of rotatable bonds is 5. The summed E-state index contributed by atoms with van der Waals surface area (Å²) >= 11 is 0. The van der Waals surface area contributed by atoms with Gasteiger partial charge < -0.3 is 10.0 Å². The van der Waals surface area contributed by atoms with Crippen LogP contribution >= 0.6 is 0 Å². The smallest absolute Gasteiger partial charge is 0.327 e. The van der Waals surface area contributed by atoms with Crippen molar-refractivity contribution in [3.8, 4) is 0 Å². The lowest BCUT2D eigenvalue weighted by molar-refractivity contribution is -0.172. The molecule has 1 aliphatic heterocycles. The lowest BCUT2D eigenvalue weighted by Crippen LogP contribution is -2.63. The average molecular weight is 251 g/mol. The van der Waals surface area contributed by atoms with Crippen molar-refractivity contribution in [2.45, 2.75) is 19.0 Å². The van der Waals surface area contributed by atoms with E-state index in [-0.39, 0.29) is 18.9 Å². The monoisotopic (exact) mass is 251 g/mol. The molecule has 1 saturated heterocycles. The number of halogens is 1. The van der Waals surface area contributed by atoms with Gasteiger partial charge in [0.05, 0.1) is 12.6 Å². The first-order chi connectivity index (χ1) is 8.65. The van der Waals surface area contributed by atoms with Crippen molar-refractivity contribution >= 4 is 11.9 Å². The molecular weight excluding hydrogens is 237 g/mol. The molecule has 0 unspecified atom stereocenters. The number of amides is 1. The second-order valence-electron chi connectivity index (χ2n) is 4.32. The first kappa shape index (κ1) is 12.5. The zero-order valence-electron chi connectivity index (χ0n) is 9.75. The second-order valence-corrected chi connectivity index (χ2v) is 4.32. The lowest BCUT2D eigenvalue weighted by Gasteiger charge is -2.44. The molecule has 0 aromatic heterocycles. The Morgan fingerprint density at radius 2 is 2.00 bits per heavy atom. The third-order valence-electron chi connectivity index (χ3n) is 3.19. The summed E-state index contributed by atoms with van der Waals surface area (Å²) in [6.45, 7) is -0.404. The Labute approximate surface area is 104 Å². The third kappa shape index (κ3) is 2.20. The van der Waals surface area contributed by atoms with Gasteiger partial charge in [-0.25, -0.2) is 4.79 Å². The molecule has 0 spiro atoms. The normalized spacial score (nSPS) is 22.7. The van der Waals surface area contributed by atoms with E-state index in [1.807, 2.05) is 30.3 Å². The number of nitrogens with zero attached hydrogens (tertiary/aromatic N) is 1. The average Bonchev–Trinajstić information content (AvgIpc) is 2.37. The van der Waals surface area contributed by atoms with Crippen LogP contribution in [0.2, 0.25) is 0 Å². The molecule has 96 valence electrons. The molecule has 4 nitrogen and oxygen atoms in total. The Kier molecular flexibility index (Phi) is 3.60. The van der Waals surface area contributed by atoms with Crippen LogP contribution in [0, 0.1) is 5.92 Å². The molecule has 0 bridgehead atoms. The van der Waals surface area contributed by atoms with Crippen molar-refractivity contribution in [1.29, 1.82) is 0 Å². The zero-order valence-corrected chi connectivity index (χ0v) is 9.75.